The Labute approximate surface area is 188 Å². The molecule has 1 saturated carbocycles. The molecule has 2 fully saturated rings. The average molecular weight is 437 g/mol. The summed E-state index contributed by atoms with van der Waals surface area (Å²) in [7, 11) is -4.77. The smallest absolute Gasteiger partial charge is 0.330 e. The van der Waals surface area contributed by atoms with Gasteiger partial charge in [-0.25, -0.2) is 4.79 Å². The van der Waals surface area contributed by atoms with Crippen LogP contribution in [0, 0.1) is 11.8 Å². The molecule has 1 radical (unpaired) electrons. The summed E-state index contributed by atoms with van der Waals surface area (Å²) < 4.78 is 31.2. The summed E-state index contributed by atoms with van der Waals surface area (Å²) in [5.74, 6) is -4.48. The monoisotopic (exact) mass is 437 g/mol. The first-order valence-electron chi connectivity index (χ1n) is 8.66. The Balaban J connectivity index is 0.00000300. The molecule has 1 saturated heterocycles. The fourth-order valence-corrected chi connectivity index (χ4v) is 4.23. The molecule has 1 atom stereocenters. The molecule has 0 aromatic heterocycles. The summed E-state index contributed by atoms with van der Waals surface area (Å²) >= 11 is 0. The van der Waals surface area contributed by atoms with Gasteiger partial charge in [-0.05, 0) is 31.6 Å². The third-order valence-electron chi connectivity index (χ3n) is 5.12. The Morgan fingerprint density at radius 1 is 1.07 bits per heavy atom. The molecule has 3 aliphatic rings. The van der Waals surface area contributed by atoms with E-state index in [4.69, 9.17) is 9.39 Å². The van der Waals surface area contributed by atoms with Crippen molar-refractivity contribution in [2.45, 2.75) is 37.4 Å². The molecular formula is C16H18N2NaO9S. The van der Waals surface area contributed by atoms with Crippen molar-refractivity contribution in [2.24, 2.45) is 11.8 Å². The molecule has 0 aromatic rings. The van der Waals surface area contributed by atoms with Crippen molar-refractivity contribution >= 4 is 69.3 Å². The van der Waals surface area contributed by atoms with Gasteiger partial charge in [0.25, 0.3) is 33.7 Å². The average Bonchev–Trinajstić information content (AvgIpc) is 3.09. The van der Waals surface area contributed by atoms with Gasteiger partial charge in [-0.2, -0.15) is 8.42 Å². The van der Waals surface area contributed by atoms with E-state index in [0.717, 1.165) is 4.90 Å². The summed E-state index contributed by atoms with van der Waals surface area (Å²) in [6.07, 6.45) is 3.42. The number of hydrogen-bond acceptors (Lipinski definition) is 8. The molecule has 29 heavy (non-hydrogen) atoms. The molecule has 153 valence electrons. The Morgan fingerprint density at radius 2 is 1.62 bits per heavy atom. The quantitative estimate of drug-likeness (QED) is 0.317. The standard InChI is InChI=1S/C16H18N2O9S.Na/c19-12-5-6-13(20)17(12)8-9-1-3-10(4-2-9)16(23)27-18-14(21)7-11(15(18)22)28(24,25)26;/h5-6,9-11H,1-4,7-8H2,(H,24,25,26);. The molecule has 13 heteroatoms. The predicted octanol–water partition coefficient (Wildman–Crippen LogP) is -1.19. The molecule has 1 aliphatic carbocycles. The first kappa shape index (κ1) is 23.7. The first-order chi connectivity index (χ1) is 13.1. The van der Waals surface area contributed by atoms with Gasteiger partial charge in [-0.1, -0.05) is 0 Å². The van der Waals surface area contributed by atoms with E-state index in [1.807, 2.05) is 0 Å². The van der Waals surface area contributed by atoms with E-state index in [-0.39, 0.29) is 58.9 Å². The summed E-state index contributed by atoms with van der Waals surface area (Å²) in [6, 6.07) is 0. The Morgan fingerprint density at radius 3 is 2.10 bits per heavy atom. The third kappa shape index (κ3) is 5.12. The van der Waals surface area contributed by atoms with Crippen molar-refractivity contribution in [3.8, 4) is 0 Å². The Bertz CT molecular complexity index is 859. The number of carbonyl (C=O) groups is 5. The van der Waals surface area contributed by atoms with E-state index < -0.39 is 45.5 Å². The fourth-order valence-electron chi connectivity index (χ4n) is 3.53. The zero-order chi connectivity index (χ0) is 20.6. The maximum atomic E-state index is 12.2. The van der Waals surface area contributed by atoms with Gasteiger partial charge in [0.05, 0.1) is 12.3 Å². The maximum absolute atomic E-state index is 12.2. The van der Waals surface area contributed by atoms with Gasteiger partial charge in [0.1, 0.15) is 0 Å². The van der Waals surface area contributed by atoms with Crippen LogP contribution in [0.2, 0.25) is 0 Å². The van der Waals surface area contributed by atoms with Gasteiger partial charge in [0.2, 0.25) is 0 Å². The van der Waals surface area contributed by atoms with Crippen molar-refractivity contribution in [1.82, 2.24) is 9.96 Å². The Hall–Kier alpha value is -1.60. The summed E-state index contributed by atoms with van der Waals surface area (Å²) in [4.78, 5) is 65.0. The summed E-state index contributed by atoms with van der Waals surface area (Å²) in [5.41, 5.74) is 0. The van der Waals surface area contributed by atoms with Crippen molar-refractivity contribution in [3.05, 3.63) is 12.2 Å². The normalized spacial score (nSPS) is 27.4. The molecule has 0 spiro atoms. The molecule has 1 N–H and O–H groups in total. The van der Waals surface area contributed by atoms with Gasteiger partial charge >= 0.3 is 5.97 Å². The van der Waals surface area contributed by atoms with E-state index in [2.05, 4.69) is 0 Å². The van der Waals surface area contributed by atoms with Crippen molar-refractivity contribution in [2.75, 3.05) is 6.54 Å². The topological polar surface area (TPSA) is 155 Å². The van der Waals surface area contributed by atoms with Crippen LogP contribution in [-0.4, -0.2) is 93.9 Å². The second-order valence-electron chi connectivity index (χ2n) is 6.98. The van der Waals surface area contributed by atoms with Crippen LogP contribution in [0.1, 0.15) is 32.1 Å². The van der Waals surface area contributed by atoms with Crippen LogP contribution in [-0.2, 0) is 38.9 Å². The predicted molar refractivity (Wildman–Crippen MR) is 95.0 cm³/mol. The number of carbonyl (C=O) groups excluding carboxylic acids is 5. The van der Waals surface area contributed by atoms with Gasteiger partial charge < -0.3 is 4.84 Å². The van der Waals surface area contributed by atoms with Crippen LogP contribution < -0.4 is 0 Å². The van der Waals surface area contributed by atoms with Crippen LogP contribution in [0.15, 0.2) is 12.2 Å². The third-order valence-corrected chi connectivity index (χ3v) is 6.21. The number of rotatable bonds is 5. The van der Waals surface area contributed by atoms with Crippen LogP contribution >= 0.6 is 0 Å². The van der Waals surface area contributed by atoms with E-state index in [0.29, 0.717) is 25.7 Å². The largest absolute Gasteiger partial charge is 0.336 e. The Kier molecular flexibility index (Phi) is 7.38. The molecule has 1 unspecified atom stereocenters. The maximum Gasteiger partial charge on any atom is 0.336 e. The summed E-state index contributed by atoms with van der Waals surface area (Å²) in [6.45, 7) is 0.256. The number of amides is 4. The number of imide groups is 2. The van der Waals surface area contributed by atoms with Crippen LogP contribution in [0.4, 0.5) is 0 Å². The van der Waals surface area contributed by atoms with E-state index in [1.54, 1.807) is 0 Å². The molecule has 3 rings (SSSR count). The second-order valence-corrected chi connectivity index (χ2v) is 8.58. The SMILES string of the molecule is O=C(ON1C(=O)CC(S(=O)(=O)O)C1=O)C1CCC(CN2C(=O)C=CC2=O)CC1.[Na]. The van der Waals surface area contributed by atoms with Crippen LogP contribution in [0.25, 0.3) is 0 Å². The molecule has 2 heterocycles. The van der Waals surface area contributed by atoms with Gasteiger partial charge in [0.15, 0.2) is 5.25 Å². The second kappa shape index (κ2) is 9.04. The van der Waals surface area contributed by atoms with E-state index >= 15 is 0 Å². The van der Waals surface area contributed by atoms with E-state index in [1.165, 1.54) is 12.2 Å². The van der Waals surface area contributed by atoms with Crippen LogP contribution in [0.3, 0.4) is 0 Å². The van der Waals surface area contributed by atoms with Crippen LogP contribution in [0.5, 0.6) is 0 Å². The molecular weight excluding hydrogens is 419 g/mol. The van der Waals surface area contributed by atoms with Gasteiger partial charge in [-0.3, -0.25) is 28.6 Å². The fraction of sp³-hybridized carbons (Fsp3) is 0.562. The molecule has 0 bridgehead atoms. The van der Waals surface area contributed by atoms with Gasteiger partial charge in [-0.15, -0.1) is 5.06 Å². The van der Waals surface area contributed by atoms with Crippen molar-refractivity contribution < 1.29 is 41.8 Å². The van der Waals surface area contributed by atoms with Crippen molar-refractivity contribution in [3.63, 3.8) is 0 Å². The molecule has 0 aromatic carbocycles. The zero-order valence-electron chi connectivity index (χ0n) is 15.6. The minimum absolute atomic E-state index is 0. The number of nitrogens with zero attached hydrogens (tertiary/aromatic N) is 2. The zero-order valence-corrected chi connectivity index (χ0v) is 18.5. The molecule has 4 amide bonds. The molecule has 11 nitrogen and oxygen atoms in total. The first-order valence-corrected chi connectivity index (χ1v) is 10.2. The van der Waals surface area contributed by atoms with E-state index in [9.17, 15) is 32.4 Å². The minimum Gasteiger partial charge on any atom is -0.330 e. The minimum atomic E-state index is -4.77. The number of hydrogen-bond donors (Lipinski definition) is 1. The summed E-state index contributed by atoms with van der Waals surface area (Å²) in [5, 5.41) is -1.87. The number of hydroxylamine groups is 2. The van der Waals surface area contributed by atoms with Crippen molar-refractivity contribution in [1.29, 1.82) is 0 Å². The molecule has 2 aliphatic heterocycles. The van der Waals surface area contributed by atoms with Gasteiger partial charge in [0, 0.05) is 48.3 Å².